The lowest BCUT2D eigenvalue weighted by Crippen LogP contribution is -2.22. The quantitative estimate of drug-likeness (QED) is 0.925. The summed E-state index contributed by atoms with van der Waals surface area (Å²) in [5, 5.41) is 3.21. The van der Waals surface area contributed by atoms with Crippen molar-refractivity contribution >= 4 is 0 Å². The molecule has 2 aromatic rings. The van der Waals surface area contributed by atoms with Crippen molar-refractivity contribution < 1.29 is 4.74 Å². The van der Waals surface area contributed by atoms with Gasteiger partial charge in [-0.05, 0) is 30.7 Å². The van der Waals surface area contributed by atoms with Crippen LogP contribution in [-0.2, 0) is 4.74 Å². The summed E-state index contributed by atoms with van der Waals surface area (Å²) in [5.41, 5.74) is 2.51. The number of rotatable bonds is 4. The predicted molar refractivity (Wildman–Crippen MR) is 79.6 cm³/mol. The Morgan fingerprint density at radius 1 is 1.15 bits per heavy atom. The molecule has 0 spiro atoms. The summed E-state index contributed by atoms with van der Waals surface area (Å²) in [5.74, 6) is 0.402. The molecule has 3 rings (SSSR count). The van der Waals surface area contributed by atoms with Crippen LogP contribution >= 0.6 is 0 Å². The number of hydrogen-bond acceptors (Lipinski definition) is 3. The van der Waals surface area contributed by atoms with Crippen LogP contribution in [0.5, 0.6) is 0 Å². The van der Waals surface area contributed by atoms with Crippen LogP contribution in [0.15, 0.2) is 54.9 Å². The first-order chi connectivity index (χ1) is 9.88. The molecule has 1 saturated heterocycles. The smallest absolute Gasteiger partial charge is 0.0913 e. The van der Waals surface area contributed by atoms with Crippen molar-refractivity contribution in [3.8, 4) is 0 Å². The highest BCUT2D eigenvalue weighted by atomic mass is 16.5. The summed E-state index contributed by atoms with van der Waals surface area (Å²) >= 11 is 0. The van der Waals surface area contributed by atoms with Gasteiger partial charge in [0.25, 0.3) is 0 Å². The number of nitrogens with one attached hydrogen (secondary N) is 1. The van der Waals surface area contributed by atoms with Crippen molar-refractivity contribution in [1.82, 2.24) is 10.3 Å². The van der Waals surface area contributed by atoms with E-state index in [-0.39, 0.29) is 12.2 Å². The van der Waals surface area contributed by atoms with Gasteiger partial charge in [-0.15, -0.1) is 0 Å². The topological polar surface area (TPSA) is 34.2 Å². The fourth-order valence-corrected chi connectivity index (χ4v) is 2.99. The van der Waals surface area contributed by atoms with Crippen molar-refractivity contribution in [2.45, 2.75) is 24.5 Å². The molecule has 3 heteroatoms. The van der Waals surface area contributed by atoms with E-state index >= 15 is 0 Å². The van der Waals surface area contributed by atoms with Gasteiger partial charge in [-0.2, -0.15) is 0 Å². The Balaban J connectivity index is 1.89. The minimum atomic E-state index is 0.101. The van der Waals surface area contributed by atoms with Gasteiger partial charge in [0.1, 0.15) is 0 Å². The number of benzene rings is 1. The zero-order valence-electron chi connectivity index (χ0n) is 11.7. The Bertz CT molecular complexity index is 482. The second kappa shape index (κ2) is 6.16. The third kappa shape index (κ3) is 2.74. The summed E-state index contributed by atoms with van der Waals surface area (Å²) in [6.45, 7) is 0.889. The lowest BCUT2D eigenvalue weighted by Gasteiger charge is -2.19. The standard InChI is InChI=1S/C17H20N2O/c1-18-12-15-10-16(13-6-3-2-4-7-13)17(20-15)14-8-5-9-19-11-14/h2-9,11,15-18H,10,12H2,1H3/t15-,16-,17-/m0/s1. The third-order valence-electron chi connectivity index (χ3n) is 3.89. The van der Waals surface area contributed by atoms with Crippen LogP contribution in [-0.4, -0.2) is 24.7 Å². The van der Waals surface area contributed by atoms with E-state index in [0.717, 1.165) is 13.0 Å². The molecule has 0 unspecified atom stereocenters. The second-order valence-electron chi connectivity index (χ2n) is 5.28. The average molecular weight is 268 g/mol. The summed E-state index contributed by atoms with van der Waals surface area (Å²) in [6.07, 6.45) is 5.13. The number of hydrogen-bond donors (Lipinski definition) is 1. The van der Waals surface area contributed by atoms with Gasteiger partial charge in [0.2, 0.25) is 0 Å². The number of pyridine rings is 1. The molecule has 2 heterocycles. The number of ether oxygens (including phenoxy) is 1. The van der Waals surface area contributed by atoms with E-state index in [9.17, 15) is 0 Å². The van der Waals surface area contributed by atoms with Gasteiger partial charge >= 0.3 is 0 Å². The fraction of sp³-hybridized carbons (Fsp3) is 0.353. The van der Waals surface area contributed by atoms with Crippen molar-refractivity contribution in [2.24, 2.45) is 0 Å². The molecule has 1 aromatic carbocycles. The molecule has 1 N–H and O–H groups in total. The lowest BCUT2D eigenvalue weighted by molar-refractivity contribution is 0.0418. The van der Waals surface area contributed by atoms with Crippen molar-refractivity contribution in [3.05, 3.63) is 66.0 Å². The summed E-state index contributed by atoms with van der Waals surface area (Å²) in [7, 11) is 1.97. The Hall–Kier alpha value is -1.71. The largest absolute Gasteiger partial charge is 0.368 e. The van der Waals surface area contributed by atoms with Crippen LogP contribution in [0.25, 0.3) is 0 Å². The van der Waals surface area contributed by atoms with Crippen LogP contribution in [0.2, 0.25) is 0 Å². The van der Waals surface area contributed by atoms with Crippen molar-refractivity contribution in [2.75, 3.05) is 13.6 Å². The van der Waals surface area contributed by atoms with Crippen LogP contribution in [0.4, 0.5) is 0 Å². The number of likely N-dealkylation sites (N-methyl/N-ethyl adjacent to an activating group) is 1. The van der Waals surface area contributed by atoms with E-state index in [4.69, 9.17) is 4.74 Å². The van der Waals surface area contributed by atoms with Crippen LogP contribution in [0, 0.1) is 0 Å². The van der Waals surface area contributed by atoms with Gasteiger partial charge in [0, 0.05) is 24.9 Å². The van der Waals surface area contributed by atoms with Crippen LogP contribution < -0.4 is 5.32 Å². The fourth-order valence-electron chi connectivity index (χ4n) is 2.99. The van der Waals surface area contributed by atoms with Crippen molar-refractivity contribution in [1.29, 1.82) is 0 Å². The molecule has 1 aliphatic rings. The maximum atomic E-state index is 6.25. The minimum Gasteiger partial charge on any atom is -0.368 e. The lowest BCUT2D eigenvalue weighted by atomic mass is 9.88. The van der Waals surface area contributed by atoms with E-state index in [1.807, 2.05) is 19.3 Å². The molecule has 0 amide bonds. The molecular formula is C17H20N2O. The zero-order valence-corrected chi connectivity index (χ0v) is 11.7. The monoisotopic (exact) mass is 268 g/mol. The summed E-state index contributed by atoms with van der Waals surface area (Å²) < 4.78 is 6.25. The Morgan fingerprint density at radius 2 is 1.95 bits per heavy atom. The molecule has 1 aliphatic heterocycles. The Kier molecular flexibility index (Phi) is 4.09. The van der Waals surface area contributed by atoms with Crippen LogP contribution in [0.1, 0.15) is 29.6 Å². The van der Waals surface area contributed by atoms with Gasteiger partial charge in [-0.1, -0.05) is 36.4 Å². The predicted octanol–water partition coefficient (Wildman–Crippen LogP) is 2.91. The van der Waals surface area contributed by atoms with E-state index < -0.39 is 0 Å². The minimum absolute atomic E-state index is 0.101. The molecule has 1 aromatic heterocycles. The molecule has 0 bridgehead atoms. The van der Waals surface area contributed by atoms with Gasteiger partial charge in [-0.25, -0.2) is 0 Å². The van der Waals surface area contributed by atoms with E-state index in [2.05, 4.69) is 46.7 Å². The molecular weight excluding hydrogens is 248 g/mol. The van der Waals surface area contributed by atoms with E-state index in [1.165, 1.54) is 11.1 Å². The van der Waals surface area contributed by atoms with Gasteiger partial charge in [0.05, 0.1) is 12.2 Å². The highest BCUT2D eigenvalue weighted by Gasteiger charge is 2.36. The molecule has 20 heavy (non-hydrogen) atoms. The maximum Gasteiger partial charge on any atom is 0.0913 e. The first-order valence-corrected chi connectivity index (χ1v) is 7.13. The van der Waals surface area contributed by atoms with E-state index in [0.29, 0.717) is 5.92 Å². The SMILES string of the molecule is CNC[C@@H]1C[C@@H](c2ccccc2)[C@H](c2cccnc2)O1. The van der Waals surface area contributed by atoms with Gasteiger partial charge in [0.15, 0.2) is 0 Å². The number of nitrogens with zero attached hydrogens (tertiary/aromatic N) is 1. The van der Waals surface area contributed by atoms with E-state index in [1.54, 1.807) is 6.20 Å². The first kappa shape index (κ1) is 13.3. The molecule has 0 radical (unpaired) electrons. The first-order valence-electron chi connectivity index (χ1n) is 7.13. The van der Waals surface area contributed by atoms with Gasteiger partial charge in [-0.3, -0.25) is 4.98 Å². The highest BCUT2D eigenvalue weighted by Crippen LogP contribution is 2.44. The van der Waals surface area contributed by atoms with Gasteiger partial charge < -0.3 is 10.1 Å². The molecule has 0 saturated carbocycles. The Morgan fingerprint density at radius 3 is 2.65 bits per heavy atom. The normalized spacial score (nSPS) is 25.8. The maximum absolute atomic E-state index is 6.25. The zero-order chi connectivity index (χ0) is 13.8. The summed E-state index contributed by atoms with van der Waals surface area (Å²) in [6, 6.07) is 14.7. The molecule has 0 aliphatic carbocycles. The average Bonchev–Trinajstić information content (AvgIpc) is 2.93. The Labute approximate surface area is 120 Å². The highest BCUT2D eigenvalue weighted by molar-refractivity contribution is 5.27. The molecule has 104 valence electrons. The van der Waals surface area contributed by atoms with Crippen molar-refractivity contribution in [3.63, 3.8) is 0 Å². The number of aromatic nitrogens is 1. The molecule has 3 atom stereocenters. The summed E-state index contributed by atoms with van der Waals surface area (Å²) in [4.78, 5) is 4.23. The molecule has 1 fully saturated rings. The van der Waals surface area contributed by atoms with Crippen LogP contribution in [0.3, 0.4) is 0 Å². The second-order valence-corrected chi connectivity index (χ2v) is 5.28. The third-order valence-corrected chi connectivity index (χ3v) is 3.89. The molecule has 3 nitrogen and oxygen atoms in total.